The van der Waals surface area contributed by atoms with Gasteiger partial charge in [-0.2, -0.15) is 0 Å². The molecule has 0 aromatic heterocycles. The number of hydrogen-bond acceptors (Lipinski definition) is 3. The maximum absolute atomic E-state index is 13.4. The summed E-state index contributed by atoms with van der Waals surface area (Å²) in [7, 11) is -3.73. The van der Waals surface area contributed by atoms with Crippen LogP contribution in [0.3, 0.4) is 0 Å². The molecule has 1 aromatic carbocycles. The Morgan fingerprint density at radius 3 is 2.63 bits per heavy atom. The number of piperidine rings is 1. The van der Waals surface area contributed by atoms with Crippen molar-refractivity contribution in [2.75, 3.05) is 19.6 Å². The molecule has 4 nitrogen and oxygen atoms in total. The fraction of sp³-hybridized carbons (Fsp3) is 0.538. The Kier molecular flexibility index (Phi) is 4.90. The van der Waals surface area contributed by atoms with Gasteiger partial charge in [0.05, 0.1) is 0 Å². The summed E-state index contributed by atoms with van der Waals surface area (Å²) in [5.41, 5.74) is 0. The van der Waals surface area contributed by atoms with Crippen LogP contribution in [0.1, 0.15) is 19.3 Å². The van der Waals surface area contributed by atoms with Gasteiger partial charge in [0.15, 0.2) is 0 Å². The molecular formula is C13H19FN2O2S. The van der Waals surface area contributed by atoms with Crippen LogP contribution in [0.2, 0.25) is 0 Å². The monoisotopic (exact) mass is 286 g/mol. The Morgan fingerprint density at radius 2 is 1.95 bits per heavy atom. The Balaban J connectivity index is 1.89. The first-order valence-corrected chi connectivity index (χ1v) is 8.03. The number of benzene rings is 1. The minimum absolute atomic E-state index is 0.277. The second-order valence-corrected chi connectivity index (χ2v) is 6.55. The highest BCUT2D eigenvalue weighted by Crippen LogP contribution is 2.16. The first kappa shape index (κ1) is 14.4. The van der Waals surface area contributed by atoms with Crippen molar-refractivity contribution in [3.8, 4) is 0 Å². The molecule has 1 aliphatic heterocycles. The number of halogens is 1. The van der Waals surface area contributed by atoms with E-state index in [2.05, 4.69) is 10.0 Å². The lowest BCUT2D eigenvalue weighted by atomic mass is 9.95. The molecule has 0 aliphatic carbocycles. The average Bonchev–Trinajstić information content (AvgIpc) is 2.40. The zero-order valence-corrected chi connectivity index (χ0v) is 11.5. The van der Waals surface area contributed by atoms with Crippen LogP contribution in [0.25, 0.3) is 0 Å². The highest BCUT2D eigenvalue weighted by molar-refractivity contribution is 7.89. The first-order chi connectivity index (χ1) is 9.09. The predicted molar refractivity (Wildman–Crippen MR) is 71.8 cm³/mol. The molecule has 0 spiro atoms. The normalized spacial score (nSPS) is 17.5. The van der Waals surface area contributed by atoms with E-state index in [4.69, 9.17) is 0 Å². The molecule has 1 saturated heterocycles. The van der Waals surface area contributed by atoms with Crippen molar-refractivity contribution in [2.45, 2.75) is 24.2 Å². The van der Waals surface area contributed by atoms with Crippen LogP contribution in [-0.4, -0.2) is 28.1 Å². The Labute approximate surface area is 113 Å². The maximum Gasteiger partial charge on any atom is 0.243 e. The van der Waals surface area contributed by atoms with E-state index in [1.54, 1.807) is 0 Å². The summed E-state index contributed by atoms with van der Waals surface area (Å²) in [5, 5.41) is 3.27. The molecule has 0 radical (unpaired) electrons. The molecule has 2 rings (SSSR count). The molecule has 6 heteroatoms. The van der Waals surface area contributed by atoms with Crippen molar-refractivity contribution in [3.05, 3.63) is 30.1 Å². The smallest absolute Gasteiger partial charge is 0.243 e. The van der Waals surface area contributed by atoms with Gasteiger partial charge >= 0.3 is 0 Å². The van der Waals surface area contributed by atoms with Crippen molar-refractivity contribution < 1.29 is 12.8 Å². The summed E-state index contributed by atoms with van der Waals surface area (Å²) in [4.78, 5) is -0.277. The van der Waals surface area contributed by atoms with Crippen LogP contribution in [0.4, 0.5) is 4.39 Å². The van der Waals surface area contributed by atoms with Crippen LogP contribution in [-0.2, 0) is 10.0 Å². The van der Waals surface area contributed by atoms with Crippen molar-refractivity contribution in [2.24, 2.45) is 5.92 Å². The predicted octanol–water partition coefficient (Wildman–Crippen LogP) is 1.49. The third-order valence-corrected chi connectivity index (χ3v) is 4.92. The minimum Gasteiger partial charge on any atom is -0.317 e. The third-order valence-electron chi connectivity index (χ3n) is 3.43. The van der Waals surface area contributed by atoms with E-state index in [1.165, 1.54) is 18.2 Å². The van der Waals surface area contributed by atoms with E-state index < -0.39 is 15.8 Å². The minimum atomic E-state index is -3.73. The van der Waals surface area contributed by atoms with Crippen LogP contribution in [0.5, 0.6) is 0 Å². The highest BCUT2D eigenvalue weighted by atomic mass is 32.2. The van der Waals surface area contributed by atoms with Gasteiger partial charge in [0.2, 0.25) is 10.0 Å². The lowest BCUT2D eigenvalue weighted by molar-refractivity contribution is 0.354. The van der Waals surface area contributed by atoms with E-state index in [-0.39, 0.29) is 4.90 Å². The van der Waals surface area contributed by atoms with E-state index in [1.807, 2.05) is 0 Å². The van der Waals surface area contributed by atoms with Crippen LogP contribution in [0.15, 0.2) is 29.2 Å². The highest BCUT2D eigenvalue weighted by Gasteiger charge is 2.19. The van der Waals surface area contributed by atoms with Crippen LogP contribution in [0, 0.1) is 11.7 Å². The van der Waals surface area contributed by atoms with Gasteiger partial charge in [0.1, 0.15) is 10.7 Å². The summed E-state index contributed by atoms with van der Waals surface area (Å²) in [6.45, 7) is 2.34. The molecule has 0 saturated carbocycles. The molecule has 1 fully saturated rings. The number of sulfonamides is 1. The molecule has 0 bridgehead atoms. The Bertz CT molecular complexity index is 513. The van der Waals surface area contributed by atoms with E-state index in [0.717, 1.165) is 38.4 Å². The second kappa shape index (κ2) is 6.45. The summed E-state index contributed by atoms with van der Waals surface area (Å²) >= 11 is 0. The van der Waals surface area contributed by atoms with E-state index in [0.29, 0.717) is 12.5 Å². The van der Waals surface area contributed by atoms with Crippen molar-refractivity contribution in [3.63, 3.8) is 0 Å². The first-order valence-electron chi connectivity index (χ1n) is 6.54. The van der Waals surface area contributed by atoms with Crippen molar-refractivity contribution >= 4 is 10.0 Å². The molecule has 1 heterocycles. The van der Waals surface area contributed by atoms with Gasteiger partial charge in [0, 0.05) is 6.54 Å². The molecule has 2 N–H and O–H groups in total. The second-order valence-electron chi connectivity index (χ2n) is 4.81. The number of hydrogen-bond donors (Lipinski definition) is 2. The van der Waals surface area contributed by atoms with Gasteiger partial charge < -0.3 is 5.32 Å². The van der Waals surface area contributed by atoms with Gasteiger partial charge in [-0.25, -0.2) is 17.5 Å². The Morgan fingerprint density at radius 1 is 1.26 bits per heavy atom. The van der Waals surface area contributed by atoms with E-state index >= 15 is 0 Å². The molecule has 0 amide bonds. The van der Waals surface area contributed by atoms with Gasteiger partial charge in [-0.15, -0.1) is 0 Å². The van der Waals surface area contributed by atoms with Crippen molar-refractivity contribution in [1.29, 1.82) is 0 Å². The number of nitrogens with one attached hydrogen (secondary N) is 2. The number of rotatable bonds is 5. The van der Waals surface area contributed by atoms with Crippen molar-refractivity contribution in [1.82, 2.24) is 10.0 Å². The third kappa shape index (κ3) is 3.99. The fourth-order valence-electron chi connectivity index (χ4n) is 2.31. The summed E-state index contributed by atoms with van der Waals surface area (Å²) in [6, 6.07) is 5.43. The molecule has 1 aliphatic rings. The van der Waals surface area contributed by atoms with Gasteiger partial charge in [0.25, 0.3) is 0 Å². The lowest BCUT2D eigenvalue weighted by Gasteiger charge is -2.22. The summed E-state index contributed by atoms with van der Waals surface area (Å²) in [5.74, 6) is -0.165. The fourth-order valence-corrected chi connectivity index (χ4v) is 3.43. The quantitative estimate of drug-likeness (QED) is 0.862. The van der Waals surface area contributed by atoms with Crippen LogP contribution >= 0.6 is 0 Å². The average molecular weight is 286 g/mol. The van der Waals surface area contributed by atoms with E-state index in [9.17, 15) is 12.8 Å². The molecule has 0 atom stereocenters. The zero-order valence-electron chi connectivity index (χ0n) is 10.7. The van der Waals surface area contributed by atoms with Gasteiger partial charge in [-0.1, -0.05) is 12.1 Å². The standard InChI is InChI=1S/C13H19FN2O2S/c14-12-3-1-2-4-13(12)19(17,18)16-10-7-11-5-8-15-9-6-11/h1-4,11,15-16H,5-10H2. The SMILES string of the molecule is O=S(=O)(NCCC1CCNCC1)c1ccccc1F. The topological polar surface area (TPSA) is 58.2 Å². The maximum atomic E-state index is 13.4. The largest absolute Gasteiger partial charge is 0.317 e. The van der Waals surface area contributed by atoms with Crippen LogP contribution < -0.4 is 10.0 Å². The molecular weight excluding hydrogens is 267 g/mol. The molecule has 106 valence electrons. The molecule has 19 heavy (non-hydrogen) atoms. The summed E-state index contributed by atoms with van der Waals surface area (Å²) < 4.78 is 39.8. The zero-order chi connectivity index (χ0) is 13.7. The summed E-state index contributed by atoms with van der Waals surface area (Å²) in [6.07, 6.45) is 2.94. The van der Waals surface area contributed by atoms with Gasteiger partial charge in [-0.05, 0) is 50.4 Å². The molecule has 1 aromatic rings. The Hall–Kier alpha value is -0.980. The molecule has 0 unspecified atom stereocenters. The van der Waals surface area contributed by atoms with Gasteiger partial charge in [-0.3, -0.25) is 0 Å². The lowest BCUT2D eigenvalue weighted by Crippen LogP contribution is -2.31.